The third kappa shape index (κ3) is 2.85. The van der Waals surface area contributed by atoms with Crippen molar-refractivity contribution in [2.45, 2.75) is 32.4 Å². The molecule has 1 aromatic heterocycles. The zero-order valence-electron chi connectivity index (χ0n) is 12.0. The molecular weight excluding hydrogens is 248 g/mol. The summed E-state index contributed by atoms with van der Waals surface area (Å²) in [6.07, 6.45) is 6.54. The predicted octanol–water partition coefficient (Wildman–Crippen LogP) is 3.11. The average Bonchev–Trinajstić information content (AvgIpc) is 3.10. The minimum absolute atomic E-state index is 0.644. The van der Waals surface area contributed by atoms with Gasteiger partial charge in [-0.25, -0.2) is 4.98 Å². The topological polar surface area (TPSA) is 33.1 Å². The van der Waals surface area contributed by atoms with Gasteiger partial charge in [0.25, 0.3) is 0 Å². The van der Waals surface area contributed by atoms with Crippen LogP contribution in [0.25, 0.3) is 0 Å². The number of hydrogen-bond donors (Lipinski definition) is 1. The number of benzene rings is 1. The fourth-order valence-corrected chi connectivity index (χ4v) is 2.98. The number of para-hydroxylation sites is 1. The van der Waals surface area contributed by atoms with E-state index in [1.807, 2.05) is 24.4 Å². The summed E-state index contributed by atoms with van der Waals surface area (Å²) in [5, 5.41) is 3.39. The molecule has 3 rings (SSSR count). The molecule has 0 spiro atoms. The number of likely N-dealkylation sites (N-methyl/N-ethyl adjacent to an activating group) is 1. The van der Waals surface area contributed by atoms with Crippen LogP contribution in [0.2, 0.25) is 0 Å². The molecule has 1 aliphatic rings. The van der Waals surface area contributed by atoms with Gasteiger partial charge in [0, 0.05) is 30.7 Å². The Morgan fingerprint density at radius 2 is 2.15 bits per heavy atom. The monoisotopic (exact) mass is 270 g/mol. The quantitative estimate of drug-likeness (QED) is 0.906. The second-order valence-corrected chi connectivity index (χ2v) is 5.32. The van der Waals surface area contributed by atoms with Crippen LogP contribution < -0.4 is 5.32 Å². The molecule has 4 nitrogen and oxygen atoms in total. The molecule has 20 heavy (non-hydrogen) atoms. The summed E-state index contributed by atoms with van der Waals surface area (Å²) in [5.74, 6) is 0.930. The van der Waals surface area contributed by atoms with Crippen LogP contribution in [0.3, 0.4) is 0 Å². The van der Waals surface area contributed by atoms with Crippen LogP contribution in [0.4, 0.5) is 11.6 Å². The molecule has 0 aliphatic carbocycles. The van der Waals surface area contributed by atoms with Gasteiger partial charge >= 0.3 is 0 Å². The first kappa shape index (κ1) is 13.2. The smallest absolute Gasteiger partial charge is 0.207 e. The summed E-state index contributed by atoms with van der Waals surface area (Å²) in [6, 6.07) is 10.9. The normalized spacial score (nSPS) is 19.4. The van der Waals surface area contributed by atoms with Gasteiger partial charge in [0.15, 0.2) is 0 Å². The van der Waals surface area contributed by atoms with Gasteiger partial charge in [0.05, 0.1) is 0 Å². The van der Waals surface area contributed by atoms with Crippen molar-refractivity contribution in [2.75, 3.05) is 18.4 Å². The molecule has 0 bridgehead atoms. The Bertz CT molecular complexity index is 534. The Kier molecular flexibility index (Phi) is 4.02. The summed E-state index contributed by atoms with van der Waals surface area (Å²) in [6.45, 7) is 5.64. The van der Waals surface area contributed by atoms with E-state index in [9.17, 15) is 0 Å². The number of anilines is 2. The maximum atomic E-state index is 4.44. The predicted molar refractivity (Wildman–Crippen MR) is 82.2 cm³/mol. The van der Waals surface area contributed by atoms with Crippen LogP contribution in [-0.2, 0) is 6.54 Å². The van der Waals surface area contributed by atoms with Crippen molar-refractivity contribution in [1.29, 1.82) is 0 Å². The van der Waals surface area contributed by atoms with Crippen LogP contribution >= 0.6 is 0 Å². The Morgan fingerprint density at radius 1 is 1.30 bits per heavy atom. The Morgan fingerprint density at radius 3 is 2.95 bits per heavy atom. The van der Waals surface area contributed by atoms with Crippen molar-refractivity contribution < 1.29 is 0 Å². The minimum atomic E-state index is 0.644. The first-order valence-corrected chi connectivity index (χ1v) is 7.44. The molecule has 1 saturated heterocycles. The first-order valence-electron chi connectivity index (χ1n) is 7.44. The van der Waals surface area contributed by atoms with E-state index in [0.29, 0.717) is 6.04 Å². The number of nitrogens with zero attached hydrogens (tertiary/aromatic N) is 3. The second kappa shape index (κ2) is 6.09. The Hall–Kier alpha value is -1.81. The van der Waals surface area contributed by atoms with Crippen LogP contribution in [0, 0.1) is 0 Å². The van der Waals surface area contributed by atoms with E-state index in [-0.39, 0.29) is 0 Å². The highest BCUT2D eigenvalue weighted by molar-refractivity contribution is 5.53. The Balaban J connectivity index is 1.70. The van der Waals surface area contributed by atoms with E-state index in [4.69, 9.17) is 0 Å². The van der Waals surface area contributed by atoms with Gasteiger partial charge in [0.1, 0.15) is 0 Å². The SMILES string of the molecule is CCN1CCCC1Cn1ccnc1Nc1ccccc1. The average molecular weight is 270 g/mol. The fourth-order valence-electron chi connectivity index (χ4n) is 2.98. The molecule has 2 aromatic rings. The molecule has 106 valence electrons. The van der Waals surface area contributed by atoms with E-state index >= 15 is 0 Å². The third-order valence-electron chi connectivity index (χ3n) is 4.06. The van der Waals surface area contributed by atoms with Gasteiger partial charge in [-0.15, -0.1) is 0 Å². The van der Waals surface area contributed by atoms with Crippen molar-refractivity contribution >= 4 is 11.6 Å². The molecule has 4 heteroatoms. The molecule has 1 N–H and O–H groups in total. The van der Waals surface area contributed by atoms with Gasteiger partial charge in [-0.3, -0.25) is 4.90 Å². The van der Waals surface area contributed by atoms with Crippen molar-refractivity contribution in [3.8, 4) is 0 Å². The molecular formula is C16H22N4. The highest BCUT2D eigenvalue weighted by atomic mass is 15.2. The molecule has 1 aromatic carbocycles. The van der Waals surface area contributed by atoms with E-state index in [1.165, 1.54) is 19.4 Å². The van der Waals surface area contributed by atoms with E-state index in [1.54, 1.807) is 0 Å². The third-order valence-corrected chi connectivity index (χ3v) is 4.06. The standard InChI is InChI=1S/C16H22N4/c1-2-19-11-6-9-15(19)13-20-12-10-17-16(20)18-14-7-4-3-5-8-14/h3-5,7-8,10,12,15H,2,6,9,11,13H2,1H3,(H,17,18). The number of aromatic nitrogens is 2. The Labute approximate surface area is 120 Å². The molecule has 0 radical (unpaired) electrons. The second-order valence-electron chi connectivity index (χ2n) is 5.32. The van der Waals surface area contributed by atoms with Gasteiger partial charge in [0.2, 0.25) is 5.95 Å². The minimum Gasteiger partial charge on any atom is -0.326 e. The summed E-state index contributed by atoms with van der Waals surface area (Å²) in [5.41, 5.74) is 1.08. The van der Waals surface area contributed by atoms with Crippen LogP contribution in [-0.4, -0.2) is 33.6 Å². The van der Waals surface area contributed by atoms with Gasteiger partial charge < -0.3 is 9.88 Å². The van der Waals surface area contributed by atoms with Crippen molar-refractivity contribution in [3.63, 3.8) is 0 Å². The number of nitrogens with one attached hydrogen (secondary N) is 1. The number of hydrogen-bond acceptors (Lipinski definition) is 3. The zero-order valence-corrected chi connectivity index (χ0v) is 12.0. The molecule has 2 heterocycles. The maximum absolute atomic E-state index is 4.44. The molecule has 1 fully saturated rings. The summed E-state index contributed by atoms with van der Waals surface area (Å²) >= 11 is 0. The molecule has 0 amide bonds. The molecule has 0 saturated carbocycles. The first-order chi connectivity index (χ1) is 9.86. The van der Waals surface area contributed by atoms with Gasteiger partial charge in [-0.05, 0) is 38.1 Å². The summed E-state index contributed by atoms with van der Waals surface area (Å²) in [4.78, 5) is 7.00. The summed E-state index contributed by atoms with van der Waals surface area (Å²) < 4.78 is 2.23. The highest BCUT2D eigenvalue weighted by Gasteiger charge is 2.23. The van der Waals surface area contributed by atoms with Crippen LogP contribution in [0.1, 0.15) is 19.8 Å². The molecule has 1 aliphatic heterocycles. The molecule has 1 atom stereocenters. The van der Waals surface area contributed by atoms with E-state index < -0.39 is 0 Å². The van der Waals surface area contributed by atoms with Crippen molar-refractivity contribution in [1.82, 2.24) is 14.5 Å². The van der Waals surface area contributed by atoms with E-state index in [0.717, 1.165) is 24.7 Å². The van der Waals surface area contributed by atoms with Crippen LogP contribution in [0.15, 0.2) is 42.7 Å². The lowest BCUT2D eigenvalue weighted by Crippen LogP contribution is -2.32. The lowest BCUT2D eigenvalue weighted by atomic mass is 10.2. The lowest BCUT2D eigenvalue weighted by Gasteiger charge is -2.23. The molecule has 1 unspecified atom stereocenters. The fraction of sp³-hybridized carbons (Fsp3) is 0.438. The van der Waals surface area contributed by atoms with Crippen LogP contribution in [0.5, 0.6) is 0 Å². The maximum Gasteiger partial charge on any atom is 0.207 e. The van der Waals surface area contributed by atoms with Crippen molar-refractivity contribution in [2.24, 2.45) is 0 Å². The summed E-state index contributed by atoms with van der Waals surface area (Å²) in [7, 11) is 0. The lowest BCUT2D eigenvalue weighted by molar-refractivity contribution is 0.245. The highest BCUT2D eigenvalue weighted by Crippen LogP contribution is 2.21. The number of rotatable bonds is 5. The number of imidazole rings is 1. The zero-order chi connectivity index (χ0) is 13.8. The van der Waals surface area contributed by atoms with E-state index in [2.05, 4.69) is 45.0 Å². The number of likely N-dealkylation sites (tertiary alicyclic amines) is 1. The van der Waals surface area contributed by atoms with Gasteiger partial charge in [-0.2, -0.15) is 0 Å². The van der Waals surface area contributed by atoms with Crippen molar-refractivity contribution in [3.05, 3.63) is 42.7 Å². The largest absolute Gasteiger partial charge is 0.326 e. The van der Waals surface area contributed by atoms with Gasteiger partial charge in [-0.1, -0.05) is 25.1 Å².